The quantitative estimate of drug-likeness (QED) is 0.385. The van der Waals surface area contributed by atoms with Crippen LogP contribution in [0, 0.1) is 28.6 Å². The van der Waals surface area contributed by atoms with Crippen LogP contribution in [0.4, 0.5) is 13.2 Å². The van der Waals surface area contributed by atoms with E-state index in [4.69, 9.17) is 9.47 Å². The van der Waals surface area contributed by atoms with Crippen LogP contribution >= 0.6 is 23.1 Å². The number of thioether (sulfide) groups is 1. The molecule has 1 N–H and O–H groups in total. The lowest BCUT2D eigenvalue weighted by molar-refractivity contribution is -0.201. The lowest BCUT2D eigenvalue weighted by atomic mass is 9.46. The highest BCUT2D eigenvalue weighted by Crippen LogP contribution is 2.70. The molecule has 6 unspecified atom stereocenters. The van der Waals surface area contributed by atoms with E-state index < -0.39 is 53.9 Å². The van der Waals surface area contributed by atoms with Gasteiger partial charge in [0, 0.05) is 29.6 Å². The molecule has 0 spiro atoms. The number of aliphatic hydroxyl groups excluding tert-OH is 1. The SMILES string of the molecule is CC12C=CC(=O)C=C1CCC1C2[C@@H](O)CC2(C)C1C[C@@H]1OC(CCC(F)(F)F)O[C@]12C(=O)Sc1nc2ccccc2s1. The summed E-state index contributed by atoms with van der Waals surface area (Å²) < 4.78 is 53.6. The van der Waals surface area contributed by atoms with Crippen LogP contribution in [-0.4, -0.2) is 51.3 Å². The largest absolute Gasteiger partial charge is 0.393 e. The Morgan fingerprint density at radius 2 is 2.05 bits per heavy atom. The number of para-hydroxylation sites is 1. The summed E-state index contributed by atoms with van der Waals surface area (Å²) in [4.78, 5) is 31.2. The predicted octanol–water partition coefficient (Wildman–Crippen LogP) is 6.63. The van der Waals surface area contributed by atoms with Gasteiger partial charge in [0.2, 0.25) is 5.12 Å². The second-order valence-corrected chi connectivity index (χ2v) is 15.1. The lowest BCUT2D eigenvalue weighted by Crippen LogP contribution is -2.62. The van der Waals surface area contributed by atoms with Crippen LogP contribution in [0.2, 0.25) is 0 Å². The zero-order valence-corrected chi connectivity index (χ0v) is 24.9. The number of ether oxygens (including phenoxy) is 2. The highest BCUT2D eigenvalue weighted by Gasteiger charge is 2.76. The second kappa shape index (κ2) is 9.72. The Hall–Kier alpha value is -2.05. The van der Waals surface area contributed by atoms with E-state index in [-0.39, 0.29) is 35.1 Å². The molecule has 4 fully saturated rings. The maximum atomic E-state index is 14.5. The van der Waals surface area contributed by atoms with E-state index in [1.54, 1.807) is 12.2 Å². The molecule has 0 amide bonds. The second-order valence-electron chi connectivity index (χ2n) is 12.8. The number of allylic oxidation sites excluding steroid dienone is 4. The number of nitrogens with zero attached hydrogens (tertiary/aromatic N) is 1. The number of thiazole rings is 1. The molecule has 1 aromatic carbocycles. The maximum Gasteiger partial charge on any atom is 0.389 e. The molecule has 1 aromatic heterocycles. The van der Waals surface area contributed by atoms with E-state index in [1.165, 1.54) is 11.3 Å². The number of rotatable bonds is 4. The van der Waals surface area contributed by atoms with Crippen LogP contribution < -0.4 is 0 Å². The van der Waals surface area contributed by atoms with Crippen LogP contribution in [0.25, 0.3) is 10.2 Å². The fraction of sp³-hybridized carbons (Fsp3) is 0.581. The average Bonchev–Trinajstić information content (AvgIpc) is 3.57. The number of hydrogen-bond acceptors (Lipinski definition) is 8. The van der Waals surface area contributed by atoms with Crippen molar-refractivity contribution in [2.24, 2.45) is 28.6 Å². The average molecular weight is 620 g/mol. The summed E-state index contributed by atoms with van der Waals surface area (Å²) >= 11 is 2.35. The number of aliphatic hydroxyl groups is 1. The molecule has 7 rings (SSSR count). The monoisotopic (exact) mass is 619 g/mol. The number of hydrogen-bond donors (Lipinski definition) is 1. The first-order valence-corrected chi connectivity index (χ1v) is 16.1. The molecule has 1 saturated heterocycles. The number of aromatic nitrogens is 1. The highest BCUT2D eigenvalue weighted by molar-refractivity contribution is 8.15. The molecule has 6 nitrogen and oxygen atoms in total. The van der Waals surface area contributed by atoms with Crippen LogP contribution in [0.3, 0.4) is 0 Å². The minimum Gasteiger partial charge on any atom is -0.393 e. The van der Waals surface area contributed by atoms with Crippen LogP contribution in [0.5, 0.6) is 0 Å². The fourth-order valence-electron chi connectivity index (χ4n) is 8.95. The van der Waals surface area contributed by atoms with Gasteiger partial charge in [-0.05, 0) is 73.6 Å². The molecular formula is C31H32F3NO5S2. The molecule has 224 valence electrons. The van der Waals surface area contributed by atoms with Gasteiger partial charge >= 0.3 is 6.18 Å². The van der Waals surface area contributed by atoms with Gasteiger partial charge in [-0.2, -0.15) is 13.2 Å². The van der Waals surface area contributed by atoms with Crippen LogP contribution in [-0.2, 0) is 19.1 Å². The summed E-state index contributed by atoms with van der Waals surface area (Å²) in [6.07, 6.45) is -1.25. The van der Waals surface area contributed by atoms with Gasteiger partial charge in [0.05, 0.1) is 22.4 Å². The molecule has 11 heteroatoms. The highest BCUT2D eigenvalue weighted by atomic mass is 32.2. The number of fused-ring (bicyclic) bond motifs is 8. The van der Waals surface area contributed by atoms with Gasteiger partial charge in [0.1, 0.15) is 0 Å². The zero-order chi connectivity index (χ0) is 29.7. The Bertz CT molecular complexity index is 1490. The zero-order valence-electron chi connectivity index (χ0n) is 23.2. The van der Waals surface area contributed by atoms with Gasteiger partial charge in [0.25, 0.3) is 0 Å². The van der Waals surface area contributed by atoms with Crippen molar-refractivity contribution in [3.8, 4) is 0 Å². The molecule has 5 aliphatic rings. The van der Waals surface area contributed by atoms with E-state index >= 15 is 0 Å². The molecule has 2 aromatic rings. The summed E-state index contributed by atoms with van der Waals surface area (Å²) in [5.74, 6) is -0.260. The third kappa shape index (κ3) is 4.21. The molecule has 4 aliphatic carbocycles. The summed E-state index contributed by atoms with van der Waals surface area (Å²) in [5.41, 5.74) is -1.11. The fourth-order valence-corrected chi connectivity index (χ4v) is 11.2. The third-order valence-corrected chi connectivity index (χ3v) is 12.8. The van der Waals surface area contributed by atoms with Gasteiger partial charge in [-0.15, -0.1) is 11.3 Å². The Kier molecular flexibility index (Phi) is 6.65. The number of alkyl halides is 3. The van der Waals surface area contributed by atoms with Crippen molar-refractivity contribution in [2.45, 2.75) is 87.0 Å². The molecule has 0 bridgehead atoms. The van der Waals surface area contributed by atoms with Crippen molar-refractivity contribution in [1.82, 2.24) is 4.98 Å². The normalized spacial score (nSPS) is 40.8. The van der Waals surface area contributed by atoms with Crippen molar-refractivity contribution >= 4 is 44.2 Å². The number of benzene rings is 1. The van der Waals surface area contributed by atoms with E-state index in [9.17, 15) is 27.9 Å². The Morgan fingerprint density at radius 3 is 2.81 bits per heavy atom. The number of ketones is 1. The van der Waals surface area contributed by atoms with Crippen LogP contribution in [0.15, 0.2) is 52.4 Å². The van der Waals surface area contributed by atoms with Gasteiger partial charge in [-0.3, -0.25) is 9.59 Å². The van der Waals surface area contributed by atoms with Gasteiger partial charge in [0.15, 0.2) is 22.0 Å². The van der Waals surface area contributed by atoms with Gasteiger partial charge in [-0.25, -0.2) is 4.98 Å². The predicted molar refractivity (Wildman–Crippen MR) is 152 cm³/mol. The lowest BCUT2D eigenvalue weighted by Gasteiger charge is -2.59. The molecule has 2 heterocycles. The van der Waals surface area contributed by atoms with Crippen molar-refractivity contribution in [2.75, 3.05) is 0 Å². The first kappa shape index (κ1) is 28.7. The molecule has 1 aliphatic heterocycles. The van der Waals surface area contributed by atoms with Crippen molar-refractivity contribution in [1.29, 1.82) is 0 Å². The van der Waals surface area contributed by atoms with Crippen molar-refractivity contribution in [3.63, 3.8) is 0 Å². The first-order valence-electron chi connectivity index (χ1n) is 14.4. The van der Waals surface area contributed by atoms with Gasteiger partial charge in [-0.1, -0.05) is 37.6 Å². The molecular weight excluding hydrogens is 587 g/mol. The number of halogens is 3. The van der Waals surface area contributed by atoms with E-state index in [1.807, 2.05) is 37.3 Å². The van der Waals surface area contributed by atoms with Crippen molar-refractivity contribution < 1.29 is 37.3 Å². The van der Waals surface area contributed by atoms with E-state index in [0.717, 1.165) is 34.0 Å². The number of carbonyl (C=O) groups excluding carboxylic acids is 2. The van der Waals surface area contributed by atoms with Gasteiger partial charge < -0.3 is 14.6 Å². The first-order chi connectivity index (χ1) is 19.8. The Morgan fingerprint density at radius 1 is 1.26 bits per heavy atom. The molecule has 0 radical (unpaired) electrons. The summed E-state index contributed by atoms with van der Waals surface area (Å²) in [5, 5.41) is 11.5. The minimum absolute atomic E-state index is 0.0160. The Labute approximate surface area is 249 Å². The summed E-state index contributed by atoms with van der Waals surface area (Å²) in [6, 6.07) is 7.57. The summed E-state index contributed by atoms with van der Waals surface area (Å²) in [6.45, 7) is 4.03. The topological polar surface area (TPSA) is 85.7 Å². The molecule has 3 saturated carbocycles. The van der Waals surface area contributed by atoms with E-state index in [0.29, 0.717) is 17.2 Å². The minimum atomic E-state index is -4.38. The smallest absolute Gasteiger partial charge is 0.389 e. The van der Waals surface area contributed by atoms with Crippen LogP contribution in [0.1, 0.15) is 52.4 Å². The maximum absolute atomic E-state index is 14.5. The van der Waals surface area contributed by atoms with E-state index in [2.05, 4.69) is 11.9 Å². The summed E-state index contributed by atoms with van der Waals surface area (Å²) in [7, 11) is 0. The molecule has 9 atom stereocenters. The van der Waals surface area contributed by atoms with Crippen molar-refractivity contribution in [3.05, 3.63) is 48.1 Å². The Balaban J connectivity index is 1.25. The molecule has 42 heavy (non-hydrogen) atoms. The third-order valence-electron chi connectivity index (χ3n) is 10.7. The number of carbonyl (C=O) groups is 2. The standard InChI is InChI=1S/C31H32F3NO5S2/c1-28-11-9-17(36)13-16(28)7-8-18-19-14-23-31(29(19,2)15-21(37)25(18)28,40-24(39-23)10-12-30(32,33)34)26(38)42-27-35-20-5-3-4-6-22(20)41-27/h3-6,9,11,13,18-19,21,23-25,37H,7-8,10,12,14-15H2,1-2H3/t18?,19?,21-,23-,24?,25?,28?,29?,31-/m0/s1.